The largest absolute Gasteiger partial charge is 0.463 e. The molecule has 1 aromatic carbocycles. The predicted molar refractivity (Wildman–Crippen MR) is 101 cm³/mol. The predicted octanol–water partition coefficient (Wildman–Crippen LogP) is 2.21. The van der Waals surface area contributed by atoms with Gasteiger partial charge in [0.25, 0.3) is 5.91 Å². The van der Waals surface area contributed by atoms with Crippen molar-refractivity contribution in [2.75, 3.05) is 33.2 Å². The van der Waals surface area contributed by atoms with Crippen LogP contribution in [0.5, 0.6) is 0 Å². The maximum Gasteiger partial charge on any atom is 0.255 e. The number of furan rings is 1. The molecule has 6 heteroatoms. The highest BCUT2D eigenvalue weighted by atomic mass is 16.3. The number of hydrogen-bond donors (Lipinski definition) is 1. The number of amides is 1. The number of aromatic nitrogens is 1. The molecule has 134 valence electrons. The molecule has 0 aliphatic carbocycles. The lowest BCUT2D eigenvalue weighted by Crippen LogP contribution is -2.56. The van der Waals surface area contributed by atoms with Crippen LogP contribution in [0.25, 0.3) is 22.4 Å². The number of hydrogen-bond acceptors (Lipinski definition) is 5. The molecule has 0 spiro atoms. The lowest BCUT2D eigenvalue weighted by atomic mass is 10.0. The summed E-state index contributed by atoms with van der Waals surface area (Å²) in [5.41, 5.74) is 8.03. The van der Waals surface area contributed by atoms with Gasteiger partial charge in [0.15, 0.2) is 5.76 Å². The van der Waals surface area contributed by atoms with E-state index in [9.17, 15) is 4.79 Å². The van der Waals surface area contributed by atoms with Crippen molar-refractivity contribution < 1.29 is 9.21 Å². The number of pyridine rings is 1. The molecule has 0 unspecified atom stereocenters. The van der Waals surface area contributed by atoms with Crippen LogP contribution in [-0.2, 0) is 0 Å². The van der Waals surface area contributed by atoms with E-state index in [1.165, 1.54) is 0 Å². The minimum absolute atomic E-state index is 0.0000406. The first kappa shape index (κ1) is 16.8. The molecule has 1 atom stereocenters. The van der Waals surface area contributed by atoms with E-state index in [2.05, 4.69) is 16.9 Å². The summed E-state index contributed by atoms with van der Waals surface area (Å²) >= 11 is 0. The van der Waals surface area contributed by atoms with Crippen LogP contribution in [0.1, 0.15) is 10.4 Å². The average Bonchev–Trinajstić information content (AvgIpc) is 3.21. The third kappa shape index (κ3) is 2.98. The van der Waals surface area contributed by atoms with Gasteiger partial charge in [-0.15, -0.1) is 0 Å². The van der Waals surface area contributed by atoms with Crippen LogP contribution >= 0.6 is 0 Å². The summed E-state index contributed by atoms with van der Waals surface area (Å²) in [4.78, 5) is 22.2. The Balaban J connectivity index is 1.80. The summed E-state index contributed by atoms with van der Waals surface area (Å²) in [6.45, 7) is 2.75. The molecule has 1 aliphatic rings. The fraction of sp³-hybridized carbons (Fsp3) is 0.300. The number of likely N-dealkylation sites (N-methyl/N-ethyl adjacent to an activating group) is 1. The molecule has 0 saturated carbocycles. The molecule has 3 aromatic rings. The van der Waals surface area contributed by atoms with E-state index in [0.29, 0.717) is 30.1 Å². The third-order valence-corrected chi connectivity index (χ3v) is 4.94. The first-order valence-corrected chi connectivity index (χ1v) is 8.80. The average molecular weight is 350 g/mol. The van der Waals surface area contributed by atoms with Crippen LogP contribution in [0.2, 0.25) is 0 Å². The highest BCUT2D eigenvalue weighted by Gasteiger charge is 2.30. The fourth-order valence-corrected chi connectivity index (χ4v) is 3.54. The quantitative estimate of drug-likeness (QED) is 0.784. The van der Waals surface area contributed by atoms with Crippen LogP contribution in [-0.4, -0.2) is 60.0 Å². The van der Waals surface area contributed by atoms with Crippen LogP contribution in [0.4, 0.5) is 0 Å². The highest BCUT2D eigenvalue weighted by Crippen LogP contribution is 2.27. The number of para-hydroxylation sites is 1. The minimum Gasteiger partial charge on any atom is -0.463 e. The van der Waals surface area contributed by atoms with Gasteiger partial charge in [0, 0.05) is 31.6 Å². The number of carbonyl (C=O) groups excluding carboxylic acids is 1. The summed E-state index contributed by atoms with van der Waals surface area (Å²) in [5, 5.41) is 0.850. The molecule has 1 aliphatic heterocycles. The molecule has 0 bridgehead atoms. The number of rotatable bonds is 3. The van der Waals surface area contributed by atoms with Crippen molar-refractivity contribution in [1.29, 1.82) is 0 Å². The first-order chi connectivity index (χ1) is 12.7. The molecule has 3 heterocycles. The molecule has 26 heavy (non-hydrogen) atoms. The van der Waals surface area contributed by atoms with Gasteiger partial charge in [0.1, 0.15) is 5.69 Å². The normalized spacial score (nSPS) is 18.4. The number of piperazine rings is 1. The van der Waals surface area contributed by atoms with Crippen molar-refractivity contribution in [3.05, 3.63) is 54.3 Å². The monoisotopic (exact) mass is 350 g/mol. The Labute approximate surface area is 152 Å². The van der Waals surface area contributed by atoms with E-state index in [4.69, 9.17) is 10.2 Å². The summed E-state index contributed by atoms with van der Waals surface area (Å²) < 4.78 is 5.49. The van der Waals surface area contributed by atoms with Crippen molar-refractivity contribution in [3.8, 4) is 11.5 Å². The molecular formula is C20H22N4O2. The zero-order valence-corrected chi connectivity index (χ0v) is 14.8. The molecule has 1 amide bonds. The van der Waals surface area contributed by atoms with Crippen LogP contribution in [0.3, 0.4) is 0 Å². The van der Waals surface area contributed by atoms with Gasteiger partial charge >= 0.3 is 0 Å². The maximum absolute atomic E-state index is 13.4. The number of carbonyl (C=O) groups is 1. The molecule has 1 saturated heterocycles. The van der Waals surface area contributed by atoms with E-state index in [1.54, 1.807) is 6.26 Å². The summed E-state index contributed by atoms with van der Waals surface area (Å²) in [5.74, 6) is 0.651. The van der Waals surface area contributed by atoms with Gasteiger partial charge in [-0.2, -0.15) is 0 Å². The summed E-state index contributed by atoms with van der Waals surface area (Å²) in [6, 6.07) is 13.2. The van der Waals surface area contributed by atoms with Gasteiger partial charge in [0.2, 0.25) is 0 Å². The van der Waals surface area contributed by atoms with Crippen molar-refractivity contribution in [2.45, 2.75) is 6.04 Å². The second-order valence-electron chi connectivity index (χ2n) is 6.70. The third-order valence-electron chi connectivity index (χ3n) is 4.94. The van der Waals surface area contributed by atoms with Gasteiger partial charge in [-0.3, -0.25) is 4.79 Å². The van der Waals surface area contributed by atoms with Gasteiger partial charge in [-0.1, -0.05) is 18.2 Å². The van der Waals surface area contributed by atoms with Gasteiger partial charge in [0.05, 0.1) is 23.4 Å². The number of nitrogens with zero attached hydrogens (tertiary/aromatic N) is 3. The zero-order chi connectivity index (χ0) is 18.1. The summed E-state index contributed by atoms with van der Waals surface area (Å²) in [7, 11) is 2.06. The van der Waals surface area contributed by atoms with Gasteiger partial charge in [-0.05, 0) is 31.3 Å². The summed E-state index contributed by atoms with van der Waals surface area (Å²) in [6.07, 6.45) is 1.61. The molecular weight excluding hydrogens is 328 g/mol. The number of fused-ring (bicyclic) bond motifs is 1. The Morgan fingerprint density at radius 2 is 2.12 bits per heavy atom. The Morgan fingerprint density at radius 3 is 2.88 bits per heavy atom. The van der Waals surface area contributed by atoms with Gasteiger partial charge in [-0.25, -0.2) is 4.98 Å². The van der Waals surface area contributed by atoms with E-state index in [1.807, 2.05) is 47.4 Å². The van der Waals surface area contributed by atoms with Crippen molar-refractivity contribution in [1.82, 2.24) is 14.8 Å². The van der Waals surface area contributed by atoms with Crippen LogP contribution < -0.4 is 5.73 Å². The van der Waals surface area contributed by atoms with Crippen LogP contribution in [0.15, 0.2) is 53.1 Å². The lowest BCUT2D eigenvalue weighted by Gasteiger charge is -2.39. The minimum atomic E-state index is -0.0000406. The molecule has 6 nitrogen and oxygen atoms in total. The lowest BCUT2D eigenvalue weighted by molar-refractivity contribution is 0.0518. The first-order valence-electron chi connectivity index (χ1n) is 8.80. The standard InChI is InChI=1S/C20H22N4O2/c1-23-8-9-24(14(12-21)13-23)20(25)16-11-18(19-7-4-10-26-19)22-17-6-3-2-5-15(16)17/h2-7,10-11,14H,8-9,12-13,21H2,1H3/t14-/m1/s1. The molecule has 1 fully saturated rings. The fourth-order valence-electron chi connectivity index (χ4n) is 3.54. The SMILES string of the molecule is CN1CCN(C(=O)c2cc(-c3ccco3)nc3ccccc23)[C@H](CN)C1. The second kappa shape index (κ2) is 6.90. The van der Waals surface area contributed by atoms with Crippen molar-refractivity contribution >= 4 is 16.8 Å². The Hall–Kier alpha value is -2.70. The maximum atomic E-state index is 13.4. The highest BCUT2D eigenvalue weighted by molar-refractivity contribution is 6.07. The van der Waals surface area contributed by atoms with E-state index >= 15 is 0 Å². The molecule has 4 rings (SSSR count). The molecule has 0 radical (unpaired) electrons. The van der Waals surface area contributed by atoms with Crippen LogP contribution in [0, 0.1) is 0 Å². The topological polar surface area (TPSA) is 75.6 Å². The van der Waals surface area contributed by atoms with E-state index in [-0.39, 0.29) is 11.9 Å². The van der Waals surface area contributed by atoms with Crippen molar-refractivity contribution in [2.24, 2.45) is 5.73 Å². The Kier molecular flexibility index (Phi) is 4.44. The van der Waals surface area contributed by atoms with Gasteiger partial charge < -0.3 is 20.0 Å². The number of nitrogens with two attached hydrogens (primary N) is 1. The second-order valence-corrected chi connectivity index (χ2v) is 6.70. The zero-order valence-electron chi connectivity index (χ0n) is 14.8. The molecule has 2 N–H and O–H groups in total. The Morgan fingerprint density at radius 1 is 1.27 bits per heavy atom. The Bertz CT molecular complexity index is 923. The number of benzene rings is 1. The van der Waals surface area contributed by atoms with Crippen molar-refractivity contribution in [3.63, 3.8) is 0 Å². The smallest absolute Gasteiger partial charge is 0.255 e. The molecule has 2 aromatic heterocycles. The van der Waals surface area contributed by atoms with E-state index < -0.39 is 0 Å². The van der Waals surface area contributed by atoms with E-state index in [0.717, 1.165) is 24.0 Å².